The Balaban J connectivity index is 0.000000212. The van der Waals surface area contributed by atoms with Gasteiger partial charge in [0, 0.05) is 5.69 Å². The molecule has 16 heavy (non-hydrogen) atoms. The Morgan fingerprint density at radius 3 is 2.69 bits per heavy atom. The molecule has 2 N–H and O–H groups in total. The van der Waals surface area contributed by atoms with Gasteiger partial charge >= 0.3 is 0 Å². The number of rotatable bonds is 2. The van der Waals surface area contributed by atoms with Gasteiger partial charge in [0.1, 0.15) is 0 Å². The maximum absolute atomic E-state index is 10.8. The zero-order valence-corrected chi connectivity index (χ0v) is 10.3. The standard InChI is InChI=1S/C8H9NOS.C2H4N2S/c10-8(6-11)9-7-4-2-1-3-5-7;1-3-4-2-5-1/h1-5,11H,6H2,(H,9,10);1,4H,2H2. The Morgan fingerprint density at radius 2 is 2.25 bits per heavy atom. The zero-order valence-electron chi connectivity index (χ0n) is 8.59. The summed E-state index contributed by atoms with van der Waals surface area (Å²) in [5.41, 5.74) is 5.36. The molecule has 1 heterocycles. The number of thiol groups is 1. The van der Waals surface area contributed by atoms with Crippen molar-refractivity contribution in [3.05, 3.63) is 30.3 Å². The second-order valence-electron chi connectivity index (χ2n) is 2.78. The number of thioether (sulfide) groups is 1. The number of hydrazone groups is 1. The van der Waals surface area contributed by atoms with Crippen LogP contribution in [0.1, 0.15) is 0 Å². The molecule has 0 bridgehead atoms. The Morgan fingerprint density at radius 1 is 1.50 bits per heavy atom. The van der Waals surface area contributed by atoms with Crippen molar-refractivity contribution in [1.29, 1.82) is 0 Å². The molecule has 0 aromatic heterocycles. The quantitative estimate of drug-likeness (QED) is 0.706. The van der Waals surface area contributed by atoms with Crippen LogP contribution in [-0.4, -0.2) is 23.1 Å². The minimum Gasteiger partial charge on any atom is -0.325 e. The van der Waals surface area contributed by atoms with Gasteiger partial charge in [0.25, 0.3) is 0 Å². The van der Waals surface area contributed by atoms with Crippen LogP contribution in [0.25, 0.3) is 0 Å². The Bertz CT molecular complexity index is 337. The van der Waals surface area contributed by atoms with Crippen LogP contribution in [0.2, 0.25) is 0 Å². The average Bonchev–Trinajstić information content (AvgIpc) is 2.89. The van der Waals surface area contributed by atoms with Gasteiger partial charge in [-0.1, -0.05) is 30.0 Å². The van der Waals surface area contributed by atoms with Crippen molar-refractivity contribution in [2.75, 3.05) is 16.9 Å². The van der Waals surface area contributed by atoms with E-state index in [0.29, 0.717) is 0 Å². The molecule has 0 atom stereocenters. The van der Waals surface area contributed by atoms with Crippen LogP contribution in [0.15, 0.2) is 35.4 Å². The maximum atomic E-state index is 10.8. The van der Waals surface area contributed by atoms with Crippen molar-refractivity contribution in [3.8, 4) is 0 Å². The number of hydrogen-bond acceptors (Lipinski definition) is 5. The van der Waals surface area contributed by atoms with Gasteiger partial charge in [-0.3, -0.25) is 10.2 Å². The average molecular weight is 255 g/mol. The molecule has 0 aliphatic carbocycles. The van der Waals surface area contributed by atoms with Gasteiger partial charge in [0.05, 0.1) is 17.2 Å². The highest BCUT2D eigenvalue weighted by Gasteiger charge is 1.95. The first-order valence-electron chi connectivity index (χ1n) is 4.64. The van der Waals surface area contributed by atoms with Gasteiger partial charge in [0.15, 0.2) is 0 Å². The fourth-order valence-electron chi connectivity index (χ4n) is 0.908. The third-order valence-electron chi connectivity index (χ3n) is 1.57. The summed E-state index contributed by atoms with van der Waals surface area (Å²) in [6, 6.07) is 9.31. The molecule has 2 rings (SSSR count). The van der Waals surface area contributed by atoms with E-state index in [1.807, 2.05) is 30.3 Å². The van der Waals surface area contributed by atoms with E-state index in [9.17, 15) is 4.79 Å². The lowest BCUT2D eigenvalue weighted by Crippen LogP contribution is -2.12. The zero-order chi connectivity index (χ0) is 11.6. The van der Waals surface area contributed by atoms with Crippen molar-refractivity contribution >= 4 is 41.5 Å². The Labute approximate surface area is 104 Å². The second-order valence-corrected chi connectivity index (χ2v) is 3.92. The van der Waals surface area contributed by atoms with Crippen LogP contribution in [-0.2, 0) is 4.79 Å². The summed E-state index contributed by atoms with van der Waals surface area (Å²) >= 11 is 5.51. The molecule has 0 saturated carbocycles. The number of nitrogens with one attached hydrogen (secondary N) is 2. The van der Waals surface area contributed by atoms with E-state index in [0.717, 1.165) is 11.6 Å². The highest BCUT2D eigenvalue weighted by atomic mass is 32.2. The van der Waals surface area contributed by atoms with Gasteiger partial charge in [0.2, 0.25) is 5.91 Å². The van der Waals surface area contributed by atoms with Crippen LogP contribution < -0.4 is 10.7 Å². The predicted molar refractivity (Wildman–Crippen MR) is 73.0 cm³/mol. The molecule has 6 heteroatoms. The first-order valence-corrected chi connectivity index (χ1v) is 6.33. The fourth-order valence-corrected chi connectivity index (χ4v) is 1.36. The molecule has 0 spiro atoms. The van der Waals surface area contributed by atoms with E-state index >= 15 is 0 Å². The van der Waals surface area contributed by atoms with Gasteiger partial charge in [-0.15, -0.1) is 0 Å². The van der Waals surface area contributed by atoms with E-state index in [-0.39, 0.29) is 11.7 Å². The Kier molecular flexibility index (Phi) is 6.52. The predicted octanol–water partition coefficient (Wildman–Crippen LogP) is 1.78. The van der Waals surface area contributed by atoms with Crippen molar-refractivity contribution in [1.82, 2.24) is 5.43 Å². The van der Waals surface area contributed by atoms with Crippen molar-refractivity contribution < 1.29 is 4.79 Å². The van der Waals surface area contributed by atoms with E-state index in [1.54, 1.807) is 17.3 Å². The summed E-state index contributed by atoms with van der Waals surface area (Å²) in [6.07, 6.45) is 0. The van der Waals surface area contributed by atoms with Gasteiger partial charge in [-0.2, -0.15) is 17.7 Å². The first kappa shape index (κ1) is 12.9. The number of carbonyl (C=O) groups is 1. The molecular weight excluding hydrogens is 242 g/mol. The third-order valence-corrected chi connectivity index (χ3v) is 2.41. The molecule has 1 aromatic carbocycles. The number of nitrogens with zero attached hydrogens (tertiary/aromatic N) is 1. The molecule has 0 unspecified atom stereocenters. The highest BCUT2D eigenvalue weighted by molar-refractivity contribution is 8.12. The lowest BCUT2D eigenvalue weighted by molar-refractivity contribution is -0.113. The molecular formula is C10H13N3OS2. The largest absolute Gasteiger partial charge is 0.325 e. The molecule has 0 saturated heterocycles. The number of benzene rings is 1. The van der Waals surface area contributed by atoms with Gasteiger partial charge < -0.3 is 5.32 Å². The molecule has 1 aromatic rings. The van der Waals surface area contributed by atoms with Crippen molar-refractivity contribution in [3.63, 3.8) is 0 Å². The SMILES string of the molecule is C1=NNCS1.O=C(CS)Nc1ccccc1. The fraction of sp³-hybridized carbons (Fsp3) is 0.200. The molecule has 0 radical (unpaired) electrons. The molecule has 1 amide bonds. The number of carbonyl (C=O) groups excluding carboxylic acids is 1. The summed E-state index contributed by atoms with van der Waals surface area (Å²) in [5, 5.41) is 6.35. The number of para-hydroxylation sites is 1. The lowest BCUT2D eigenvalue weighted by atomic mass is 10.3. The van der Waals surface area contributed by atoms with E-state index in [4.69, 9.17) is 0 Å². The molecule has 0 fully saturated rings. The number of anilines is 1. The van der Waals surface area contributed by atoms with Crippen LogP contribution in [0.4, 0.5) is 5.69 Å². The third kappa shape index (κ3) is 5.67. The topological polar surface area (TPSA) is 53.5 Å². The smallest absolute Gasteiger partial charge is 0.234 e. The molecule has 4 nitrogen and oxygen atoms in total. The number of amides is 1. The van der Waals surface area contributed by atoms with Crippen LogP contribution in [0.5, 0.6) is 0 Å². The monoisotopic (exact) mass is 255 g/mol. The molecule has 86 valence electrons. The van der Waals surface area contributed by atoms with Crippen LogP contribution in [0, 0.1) is 0 Å². The molecule has 1 aliphatic rings. The van der Waals surface area contributed by atoms with E-state index in [2.05, 4.69) is 28.5 Å². The summed E-state index contributed by atoms with van der Waals surface area (Å²) in [6.45, 7) is 0. The van der Waals surface area contributed by atoms with Crippen LogP contribution >= 0.6 is 24.4 Å². The summed E-state index contributed by atoms with van der Waals surface area (Å²) in [7, 11) is 0. The Hall–Kier alpha value is -1.14. The van der Waals surface area contributed by atoms with E-state index < -0.39 is 0 Å². The normalized spacial score (nSPS) is 12.3. The first-order chi connectivity index (χ1) is 7.83. The van der Waals surface area contributed by atoms with Crippen LogP contribution in [0.3, 0.4) is 0 Å². The second kappa shape index (κ2) is 8.06. The molecule has 1 aliphatic heterocycles. The minimum atomic E-state index is -0.0838. The number of hydrogen-bond donors (Lipinski definition) is 3. The summed E-state index contributed by atoms with van der Waals surface area (Å²) in [4.78, 5) is 10.8. The highest BCUT2D eigenvalue weighted by Crippen LogP contribution is 2.04. The van der Waals surface area contributed by atoms with Crippen molar-refractivity contribution in [2.45, 2.75) is 0 Å². The van der Waals surface area contributed by atoms with Gasteiger partial charge in [-0.05, 0) is 12.1 Å². The summed E-state index contributed by atoms with van der Waals surface area (Å²) in [5.74, 6) is 1.08. The lowest BCUT2D eigenvalue weighted by Gasteiger charge is -2.00. The minimum absolute atomic E-state index is 0.0838. The summed E-state index contributed by atoms with van der Waals surface area (Å²) < 4.78 is 0. The van der Waals surface area contributed by atoms with Gasteiger partial charge in [-0.25, -0.2) is 0 Å². The van der Waals surface area contributed by atoms with E-state index in [1.165, 1.54) is 0 Å². The maximum Gasteiger partial charge on any atom is 0.234 e. The van der Waals surface area contributed by atoms with Crippen molar-refractivity contribution in [2.24, 2.45) is 5.10 Å².